The fourth-order valence-electron chi connectivity index (χ4n) is 2.44. The quantitative estimate of drug-likeness (QED) is 0.834. The van der Waals surface area contributed by atoms with E-state index in [0.29, 0.717) is 0 Å². The molecule has 0 aromatic heterocycles. The number of hydrogen-bond donors (Lipinski definition) is 2. The van der Waals surface area contributed by atoms with E-state index in [4.69, 9.17) is 9.84 Å². The van der Waals surface area contributed by atoms with Crippen LogP contribution in [0.3, 0.4) is 0 Å². The maximum atomic E-state index is 13.2. The standard InChI is InChI=1S/C18H20F3NO2/c1-12(14-5-3-4-13(8-14)11-23)22-10-15-6-7-16(24-2)9-17(15)18(19,20)21/h3-9,12,22-23H,10-11H2,1-2H3. The van der Waals surface area contributed by atoms with Crippen molar-refractivity contribution in [3.8, 4) is 5.75 Å². The smallest absolute Gasteiger partial charge is 0.416 e. The Bertz CT molecular complexity index is 686. The Kier molecular flexibility index (Phi) is 5.85. The second-order valence-electron chi connectivity index (χ2n) is 5.53. The lowest BCUT2D eigenvalue weighted by molar-refractivity contribution is -0.138. The maximum absolute atomic E-state index is 13.2. The topological polar surface area (TPSA) is 41.5 Å². The van der Waals surface area contributed by atoms with Gasteiger partial charge < -0.3 is 15.2 Å². The minimum absolute atomic E-state index is 0.0722. The maximum Gasteiger partial charge on any atom is 0.416 e. The minimum atomic E-state index is -4.44. The summed E-state index contributed by atoms with van der Waals surface area (Å²) in [5.41, 5.74) is 1.13. The van der Waals surface area contributed by atoms with Crippen molar-refractivity contribution in [3.63, 3.8) is 0 Å². The van der Waals surface area contributed by atoms with Gasteiger partial charge in [0.1, 0.15) is 5.75 Å². The molecule has 2 rings (SSSR count). The third-order valence-corrected chi connectivity index (χ3v) is 3.85. The van der Waals surface area contributed by atoms with Gasteiger partial charge >= 0.3 is 6.18 Å². The van der Waals surface area contributed by atoms with Crippen molar-refractivity contribution >= 4 is 0 Å². The molecule has 130 valence electrons. The highest BCUT2D eigenvalue weighted by molar-refractivity contribution is 5.37. The molecule has 1 unspecified atom stereocenters. The Balaban J connectivity index is 2.16. The number of nitrogens with one attached hydrogen (secondary N) is 1. The first-order valence-electron chi connectivity index (χ1n) is 7.52. The molecular weight excluding hydrogens is 319 g/mol. The van der Waals surface area contributed by atoms with Crippen LogP contribution < -0.4 is 10.1 Å². The van der Waals surface area contributed by atoms with Crippen molar-refractivity contribution < 1.29 is 23.0 Å². The van der Waals surface area contributed by atoms with Gasteiger partial charge in [0.05, 0.1) is 19.3 Å². The van der Waals surface area contributed by atoms with Crippen molar-refractivity contribution in [2.45, 2.75) is 32.3 Å². The first kappa shape index (κ1) is 18.3. The molecule has 2 aromatic rings. The number of halogens is 3. The van der Waals surface area contributed by atoms with Crippen LogP contribution in [-0.2, 0) is 19.3 Å². The largest absolute Gasteiger partial charge is 0.497 e. The van der Waals surface area contributed by atoms with Gasteiger partial charge in [-0.1, -0.05) is 30.3 Å². The van der Waals surface area contributed by atoms with Crippen molar-refractivity contribution in [1.82, 2.24) is 5.32 Å². The van der Waals surface area contributed by atoms with Gasteiger partial charge in [-0.05, 0) is 35.7 Å². The van der Waals surface area contributed by atoms with Gasteiger partial charge in [-0.15, -0.1) is 0 Å². The van der Waals surface area contributed by atoms with Gasteiger partial charge in [0.2, 0.25) is 0 Å². The van der Waals surface area contributed by atoms with E-state index in [1.54, 1.807) is 6.07 Å². The Hall–Kier alpha value is -2.05. The molecule has 3 nitrogen and oxygen atoms in total. The van der Waals surface area contributed by atoms with Gasteiger partial charge in [0, 0.05) is 12.6 Å². The second kappa shape index (κ2) is 7.68. The first-order chi connectivity index (χ1) is 11.3. The highest BCUT2D eigenvalue weighted by Crippen LogP contribution is 2.34. The molecule has 2 aromatic carbocycles. The van der Waals surface area contributed by atoms with Gasteiger partial charge in [0.15, 0.2) is 0 Å². The fraction of sp³-hybridized carbons (Fsp3) is 0.333. The molecule has 6 heteroatoms. The van der Waals surface area contributed by atoms with Crippen molar-refractivity contribution in [2.24, 2.45) is 0 Å². The summed E-state index contributed by atoms with van der Waals surface area (Å²) < 4.78 is 44.5. The summed E-state index contributed by atoms with van der Waals surface area (Å²) in [5.74, 6) is 0.176. The third-order valence-electron chi connectivity index (χ3n) is 3.85. The van der Waals surface area contributed by atoms with Crippen molar-refractivity contribution in [3.05, 3.63) is 64.7 Å². The van der Waals surface area contributed by atoms with Crippen LogP contribution in [0.2, 0.25) is 0 Å². The predicted octanol–water partition coefficient (Wildman–Crippen LogP) is 4.06. The molecule has 0 aliphatic rings. The van der Waals surface area contributed by atoms with Crippen LogP contribution in [0.15, 0.2) is 42.5 Å². The zero-order valence-electron chi connectivity index (χ0n) is 13.5. The Morgan fingerprint density at radius 1 is 1.17 bits per heavy atom. The molecule has 0 heterocycles. The summed E-state index contributed by atoms with van der Waals surface area (Å²) in [6, 6.07) is 11.1. The highest BCUT2D eigenvalue weighted by atomic mass is 19.4. The monoisotopic (exact) mass is 339 g/mol. The molecule has 0 saturated heterocycles. The Labute approximate surface area is 139 Å². The summed E-state index contributed by atoms with van der Waals surface area (Å²) >= 11 is 0. The predicted molar refractivity (Wildman–Crippen MR) is 85.6 cm³/mol. The Morgan fingerprint density at radius 3 is 2.54 bits per heavy atom. The zero-order chi connectivity index (χ0) is 17.7. The molecule has 24 heavy (non-hydrogen) atoms. The van der Waals surface area contributed by atoms with Crippen LogP contribution in [0.1, 0.15) is 35.2 Å². The lowest BCUT2D eigenvalue weighted by Gasteiger charge is -2.18. The summed E-state index contributed by atoms with van der Waals surface area (Å²) in [7, 11) is 1.34. The number of ether oxygens (including phenoxy) is 1. The van der Waals surface area contributed by atoms with Crippen LogP contribution in [0.4, 0.5) is 13.2 Å². The summed E-state index contributed by atoms with van der Waals surface area (Å²) in [6.07, 6.45) is -4.44. The lowest BCUT2D eigenvalue weighted by Crippen LogP contribution is -2.21. The number of alkyl halides is 3. The first-order valence-corrected chi connectivity index (χ1v) is 7.52. The summed E-state index contributed by atoms with van der Waals surface area (Å²) in [5, 5.41) is 12.3. The Morgan fingerprint density at radius 2 is 1.92 bits per heavy atom. The lowest BCUT2D eigenvalue weighted by atomic mass is 10.0. The van der Waals surface area contributed by atoms with E-state index in [0.717, 1.165) is 17.2 Å². The highest BCUT2D eigenvalue weighted by Gasteiger charge is 2.33. The molecule has 0 bridgehead atoms. The third kappa shape index (κ3) is 4.49. The second-order valence-corrected chi connectivity index (χ2v) is 5.53. The number of aliphatic hydroxyl groups excluding tert-OH is 1. The van der Waals surface area contributed by atoms with Gasteiger partial charge in [-0.2, -0.15) is 13.2 Å². The molecule has 1 atom stereocenters. The molecule has 0 spiro atoms. The SMILES string of the molecule is COc1ccc(CNC(C)c2cccc(CO)c2)c(C(F)(F)F)c1. The molecule has 0 saturated carbocycles. The van der Waals surface area contributed by atoms with Crippen LogP contribution in [0, 0.1) is 0 Å². The average molecular weight is 339 g/mol. The van der Waals surface area contributed by atoms with Crippen LogP contribution >= 0.6 is 0 Å². The average Bonchev–Trinajstić information content (AvgIpc) is 2.58. The van der Waals surface area contributed by atoms with Crippen LogP contribution in [-0.4, -0.2) is 12.2 Å². The summed E-state index contributed by atoms with van der Waals surface area (Å²) in [4.78, 5) is 0. The van der Waals surface area contributed by atoms with E-state index in [2.05, 4.69) is 5.32 Å². The molecule has 0 aliphatic carbocycles. The van der Waals surface area contributed by atoms with Gasteiger partial charge in [0.25, 0.3) is 0 Å². The van der Waals surface area contributed by atoms with E-state index in [1.807, 2.05) is 25.1 Å². The number of benzene rings is 2. The number of rotatable bonds is 6. The number of aliphatic hydroxyl groups is 1. The molecular formula is C18H20F3NO2. The molecule has 0 aliphatic heterocycles. The van der Waals surface area contributed by atoms with E-state index < -0.39 is 11.7 Å². The molecule has 0 amide bonds. The molecule has 0 radical (unpaired) electrons. The van der Waals surface area contributed by atoms with Gasteiger partial charge in [-0.25, -0.2) is 0 Å². The van der Waals surface area contributed by atoms with E-state index >= 15 is 0 Å². The van der Waals surface area contributed by atoms with E-state index in [-0.39, 0.29) is 30.5 Å². The minimum Gasteiger partial charge on any atom is -0.497 e. The van der Waals surface area contributed by atoms with Crippen molar-refractivity contribution in [2.75, 3.05) is 7.11 Å². The zero-order valence-corrected chi connectivity index (χ0v) is 13.5. The molecule has 0 fully saturated rings. The fourth-order valence-corrected chi connectivity index (χ4v) is 2.44. The van der Waals surface area contributed by atoms with Crippen LogP contribution in [0.25, 0.3) is 0 Å². The van der Waals surface area contributed by atoms with E-state index in [9.17, 15) is 13.2 Å². The van der Waals surface area contributed by atoms with Gasteiger partial charge in [-0.3, -0.25) is 0 Å². The normalized spacial score (nSPS) is 12.9. The number of hydrogen-bond acceptors (Lipinski definition) is 3. The number of methoxy groups -OCH3 is 1. The summed E-state index contributed by atoms with van der Waals surface area (Å²) in [6.45, 7) is 1.87. The van der Waals surface area contributed by atoms with Crippen LogP contribution in [0.5, 0.6) is 5.75 Å². The van der Waals surface area contributed by atoms with Crippen molar-refractivity contribution in [1.29, 1.82) is 0 Å². The van der Waals surface area contributed by atoms with E-state index in [1.165, 1.54) is 19.2 Å². The molecule has 2 N–H and O–H groups in total.